The molecule has 1 fully saturated rings. The van der Waals surface area contributed by atoms with Crippen LogP contribution in [0.15, 0.2) is 18.2 Å². The average Bonchev–Trinajstić information content (AvgIpc) is 2.44. The first-order valence-electron chi connectivity index (χ1n) is 7.54. The van der Waals surface area contributed by atoms with Crippen molar-refractivity contribution in [3.63, 3.8) is 0 Å². The highest BCUT2D eigenvalue weighted by Gasteiger charge is 2.23. The molecule has 0 amide bonds. The molecule has 1 aliphatic rings. The topological polar surface area (TPSA) is 15.3 Å². The first kappa shape index (κ1) is 15.6. The third-order valence-electron chi connectivity index (χ3n) is 4.19. The van der Waals surface area contributed by atoms with E-state index in [-0.39, 0.29) is 5.82 Å². The van der Waals surface area contributed by atoms with Gasteiger partial charge >= 0.3 is 0 Å². The second-order valence-electron chi connectivity index (χ2n) is 5.74. The van der Waals surface area contributed by atoms with Crippen molar-refractivity contribution < 1.29 is 4.39 Å². The zero-order valence-corrected chi connectivity index (χ0v) is 13.1. The fraction of sp³-hybridized carbons (Fsp3) is 0.625. The maximum atomic E-state index is 13.3. The van der Waals surface area contributed by atoms with E-state index in [0.717, 1.165) is 0 Å². The Morgan fingerprint density at radius 2 is 2.10 bits per heavy atom. The van der Waals surface area contributed by atoms with Crippen LogP contribution in [0.2, 0.25) is 5.02 Å². The first-order chi connectivity index (χ1) is 9.60. The number of benzene rings is 1. The van der Waals surface area contributed by atoms with Crippen LogP contribution < -0.4 is 5.32 Å². The summed E-state index contributed by atoms with van der Waals surface area (Å²) in [5, 5.41) is 3.96. The van der Waals surface area contributed by atoms with Gasteiger partial charge in [-0.25, -0.2) is 4.39 Å². The second kappa shape index (κ2) is 7.28. The van der Waals surface area contributed by atoms with E-state index in [1.54, 1.807) is 6.07 Å². The van der Waals surface area contributed by atoms with Crippen molar-refractivity contribution in [1.82, 2.24) is 4.90 Å². The zero-order valence-electron chi connectivity index (χ0n) is 12.3. The second-order valence-corrected chi connectivity index (χ2v) is 6.14. The Morgan fingerprint density at radius 3 is 2.75 bits per heavy atom. The third-order valence-corrected chi connectivity index (χ3v) is 4.52. The Bertz CT molecular complexity index is 430. The third kappa shape index (κ3) is 4.10. The molecule has 1 N–H and O–H groups in total. The number of nitrogens with zero attached hydrogens (tertiary/aromatic N) is 1. The number of nitrogens with one attached hydrogen (secondary N) is 1. The predicted octanol–water partition coefficient (Wildman–Crippen LogP) is 4.40. The first-order valence-corrected chi connectivity index (χ1v) is 7.92. The summed E-state index contributed by atoms with van der Waals surface area (Å²) >= 11 is 6.11. The molecule has 0 aliphatic carbocycles. The van der Waals surface area contributed by atoms with Crippen LogP contribution in [0.1, 0.15) is 33.1 Å². The van der Waals surface area contributed by atoms with E-state index in [1.807, 2.05) is 0 Å². The summed E-state index contributed by atoms with van der Waals surface area (Å²) < 4.78 is 13.3. The monoisotopic (exact) mass is 298 g/mol. The number of halogens is 2. The molecular weight excluding hydrogens is 275 g/mol. The van der Waals surface area contributed by atoms with Crippen LogP contribution in [0.25, 0.3) is 0 Å². The summed E-state index contributed by atoms with van der Waals surface area (Å²) in [6.07, 6.45) is 3.61. The Hall–Kier alpha value is -0.800. The summed E-state index contributed by atoms with van der Waals surface area (Å²) in [5.41, 5.74) is 0.704. The molecule has 1 aliphatic heterocycles. The normalized spacial score (nSPS) is 19.0. The lowest BCUT2D eigenvalue weighted by molar-refractivity contribution is 0.176. The number of anilines is 1. The molecule has 1 aromatic carbocycles. The molecular formula is C16H24ClFN2. The van der Waals surface area contributed by atoms with Gasteiger partial charge in [0.1, 0.15) is 5.82 Å². The van der Waals surface area contributed by atoms with Crippen LogP contribution in [-0.4, -0.2) is 30.6 Å². The van der Waals surface area contributed by atoms with E-state index in [0.29, 0.717) is 22.7 Å². The highest BCUT2D eigenvalue weighted by Crippen LogP contribution is 2.27. The fourth-order valence-corrected chi connectivity index (χ4v) is 3.14. The smallest absolute Gasteiger partial charge is 0.125 e. The van der Waals surface area contributed by atoms with E-state index in [1.165, 1.54) is 51.0 Å². The average molecular weight is 299 g/mol. The Labute approximate surface area is 126 Å². The number of hydrogen-bond donors (Lipinski definition) is 1. The molecule has 112 valence electrons. The highest BCUT2D eigenvalue weighted by molar-refractivity contribution is 6.33. The van der Waals surface area contributed by atoms with Crippen molar-refractivity contribution in [2.45, 2.75) is 39.2 Å². The molecule has 1 aromatic rings. The summed E-state index contributed by atoms with van der Waals surface area (Å²) in [4.78, 5) is 2.53. The van der Waals surface area contributed by atoms with E-state index in [4.69, 9.17) is 11.6 Å². The molecule has 2 nitrogen and oxygen atoms in total. The Kier molecular flexibility index (Phi) is 5.67. The van der Waals surface area contributed by atoms with Crippen molar-refractivity contribution in [2.75, 3.05) is 25.0 Å². The van der Waals surface area contributed by atoms with Crippen LogP contribution in [-0.2, 0) is 0 Å². The fourth-order valence-electron chi connectivity index (χ4n) is 2.96. The summed E-state index contributed by atoms with van der Waals surface area (Å²) in [6.45, 7) is 7.93. The van der Waals surface area contributed by atoms with Crippen LogP contribution in [0, 0.1) is 11.7 Å². The maximum absolute atomic E-state index is 13.3. The van der Waals surface area contributed by atoms with Gasteiger partial charge in [-0.2, -0.15) is 0 Å². The van der Waals surface area contributed by atoms with Crippen LogP contribution in [0.5, 0.6) is 0 Å². The highest BCUT2D eigenvalue weighted by atomic mass is 35.5. The molecule has 0 bridgehead atoms. The van der Waals surface area contributed by atoms with E-state index in [2.05, 4.69) is 24.1 Å². The summed E-state index contributed by atoms with van der Waals surface area (Å²) in [6, 6.07) is 4.79. The number of likely N-dealkylation sites (tertiary alicyclic amines) is 1. The molecule has 0 radical (unpaired) electrons. The lowest BCUT2D eigenvalue weighted by Crippen LogP contribution is -2.39. The quantitative estimate of drug-likeness (QED) is 0.866. The van der Waals surface area contributed by atoms with Gasteiger partial charge in [0.2, 0.25) is 0 Å². The van der Waals surface area contributed by atoms with Crippen molar-refractivity contribution in [1.29, 1.82) is 0 Å². The molecule has 1 unspecified atom stereocenters. The van der Waals surface area contributed by atoms with Gasteiger partial charge in [0.05, 0.1) is 10.7 Å². The molecule has 1 heterocycles. The van der Waals surface area contributed by atoms with Gasteiger partial charge in [0, 0.05) is 6.04 Å². The van der Waals surface area contributed by atoms with Crippen LogP contribution >= 0.6 is 11.6 Å². The van der Waals surface area contributed by atoms with Gasteiger partial charge in [-0.1, -0.05) is 18.5 Å². The van der Waals surface area contributed by atoms with Crippen LogP contribution in [0.4, 0.5) is 10.1 Å². The van der Waals surface area contributed by atoms with Gasteiger partial charge in [-0.3, -0.25) is 0 Å². The van der Waals surface area contributed by atoms with Gasteiger partial charge in [-0.05, 0) is 69.9 Å². The lowest BCUT2D eigenvalue weighted by atomic mass is 9.90. The molecule has 0 saturated carbocycles. The largest absolute Gasteiger partial charge is 0.381 e. The molecule has 0 spiro atoms. The number of rotatable bonds is 5. The maximum Gasteiger partial charge on any atom is 0.125 e. The molecule has 1 saturated heterocycles. The van der Waals surface area contributed by atoms with Gasteiger partial charge in [0.25, 0.3) is 0 Å². The molecule has 4 heteroatoms. The number of piperidine rings is 1. The van der Waals surface area contributed by atoms with E-state index < -0.39 is 0 Å². The summed E-state index contributed by atoms with van der Waals surface area (Å²) in [7, 11) is 0. The van der Waals surface area contributed by atoms with Gasteiger partial charge < -0.3 is 10.2 Å². The Balaban J connectivity index is 1.89. The van der Waals surface area contributed by atoms with E-state index >= 15 is 0 Å². The Morgan fingerprint density at radius 1 is 1.40 bits per heavy atom. The predicted molar refractivity (Wildman–Crippen MR) is 83.9 cm³/mol. The minimum absolute atomic E-state index is 0.248. The standard InChI is InChI=1S/C16H24ClFN2/c1-3-8-20-9-6-13(7-10-20)12(2)19-16-11-14(18)4-5-15(16)17/h4-5,11-13,19H,3,6-10H2,1-2H3. The zero-order chi connectivity index (χ0) is 14.5. The summed E-state index contributed by atoms with van der Waals surface area (Å²) in [5.74, 6) is 0.379. The minimum atomic E-state index is -0.248. The van der Waals surface area contributed by atoms with Gasteiger partial charge in [-0.15, -0.1) is 0 Å². The molecule has 2 rings (SSSR count). The van der Waals surface area contributed by atoms with Crippen molar-refractivity contribution >= 4 is 17.3 Å². The van der Waals surface area contributed by atoms with Crippen LogP contribution in [0.3, 0.4) is 0 Å². The SMILES string of the molecule is CCCN1CCC(C(C)Nc2cc(F)ccc2Cl)CC1. The van der Waals surface area contributed by atoms with Gasteiger partial charge in [0.15, 0.2) is 0 Å². The minimum Gasteiger partial charge on any atom is -0.381 e. The van der Waals surface area contributed by atoms with Crippen molar-refractivity contribution in [3.05, 3.63) is 29.0 Å². The van der Waals surface area contributed by atoms with Crippen molar-refractivity contribution in [3.8, 4) is 0 Å². The number of hydrogen-bond acceptors (Lipinski definition) is 2. The molecule has 0 aromatic heterocycles. The lowest BCUT2D eigenvalue weighted by Gasteiger charge is -2.35. The van der Waals surface area contributed by atoms with E-state index in [9.17, 15) is 4.39 Å². The molecule has 1 atom stereocenters. The molecule has 20 heavy (non-hydrogen) atoms. The van der Waals surface area contributed by atoms with Crippen molar-refractivity contribution in [2.24, 2.45) is 5.92 Å².